The van der Waals surface area contributed by atoms with Crippen LogP contribution in [0, 0.1) is 11.9 Å². The number of fused-ring (bicyclic) bond motifs is 4. The van der Waals surface area contributed by atoms with Crippen LogP contribution in [0.4, 0.5) is 4.39 Å². The fraction of sp³-hybridized carbons (Fsp3) is 0.292. The number of methoxy groups -OCH3 is 1. The Balaban J connectivity index is 0.00000125. The third kappa shape index (κ3) is 5.19. The molecule has 2 aromatic heterocycles. The number of nitrogens with zero attached hydrogens (tertiary/aromatic N) is 2. The number of pyridine rings is 2. The van der Waals surface area contributed by atoms with Crippen LogP contribution in [0.15, 0.2) is 35.4 Å². The van der Waals surface area contributed by atoms with Gasteiger partial charge in [0.1, 0.15) is 6.29 Å². The Morgan fingerprint density at radius 3 is 2.76 bits per heavy atom. The molecule has 7 nitrogen and oxygen atoms in total. The average Bonchev–Trinajstić information content (AvgIpc) is 3.13. The minimum absolute atomic E-state index is 0. The van der Waals surface area contributed by atoms with Gasteiger partial charge in [0.2, 0.25) is 0 Å². The number of nitrogens with one attached hydrogen (secondary N) is 1. The van der Waals surface area contributed by atoms with Crippen molar-refractivity contribution in [2.24, 2.45) is 5.73 Å². The van der Waals surface area contributed by atoms with Crippen molar-refractivity contribution in [3.63, 3.8) is 0 Å². The molecular weight excluding hydrogens is 434 g/mol. The maximum Gasteiger partial charge on any atom is 1.00 e. The first-order valence-electron chi connectivity index (χ1n) is 10.3. The maximum absolute atomic E-state index is 13.8. The van der Waals surface area contributed by atoms with Crippen LogP contribution in [0.3, 0.4) is 0 Å². The molecule has 1 aliphatic rings. The van der Waals surface area contributed by atoms with Gasteiger partial charge in [-0.1, -0.05) is 26.0 Å². The van der Waals surface area contributed by atoms with Gasteiger partial charge in [-0.15, -0.1) is 17.5 Å². The normalized spacial score (nSPS) is 11.0. The van der Waals surface area contributed by atoms with Crippen molar-refractivity contribution >= 4 is 17.2 Å². The number of aromatic nitrogens is 2. The second-order valence-corrected chi connectivity index (χ2v) is 7.10. The van der Waals surface area contributed by atoms with E-state index in [1.807, 2.05) is 13.8 Å². The van der Waals surface area contributed by atoms with Gasteiger partial charge in [-0.3, -0.25) is 9.78 Å². The molecule has 0 bridgehead atoms. The van der Waals surface area contributed by atoms with Gasteiger partial charge in [0.25, 0.3) is 5.56 Å². The van der Waals surface area contributed by atoms with Crippen molar-refractivity contribution in [2.45, 2.75) is 40.0 Å². The van der Waals surface area contributed by atoms with Crippen LogP contribution in [0.2, 0.25) is 0 Å². The molecule has 0 radical (unpaired) electrons. The van der Waals surface area contributed by atoms with Crippen LogP contribution >= 0.6 is 0 Å². The molecule has 33 heavy (non-hydrogen) atoms. The predicted octanol–water partition coefficient (Wildman–Crippen LogP) is -0.198. The van der Waals surface area contributed by atoms with Crippen molar-refractivity contribution in [3.8, 4) is 11.4 Å². The zero-order chi connectivity index (χ0) is 23.4. The second-order valence-electron chi connectivity index (χ2n) is 7.10. The molecule has 1 aromatic carbocycles. The van der Waals surface area contributed by atoms with E-state index in [9.17, 15) is 14.0 Å². The topological polar surface area (TPSA) is 99.2 Å². The Kier molecular flexibility index (Phi) is 9.36. The van der Waals surface area contributed by atoms with Crippen molar-refractivity contribution in [3.05, 3.63) is 75.1 Å². The molecule has 0 fully saturated rings. The number of aldehydes is 1. The van der Waals surface area contributed by atoms with Gasteiger partial charge < -0.3 is 25.1 Å². The zero-order valence-electron chi connectivity index (χ0n) is 19.4. The molecule has 3 aromatic rings. The van der Waals surface area contributed by atoms with E-state index in [0.29, 0.717) is 46.9 Å². The minimum Gasteiger partial charge on any atom is -0.386 e. The Morgan fingerprint density at radius 2 is 2.12 bits per heavy atom. The Morgan fingerprint density at radius 1 is 1.39 bits per heavy atom. The monoisotopic (exact) mass is 460 g/mol. The van der Waals surface area contributed by atoms with Crippen molar-refractivity contribution in [1.29, 1.82) is 0 Å². The third-order valence-corrected chi connectivity index (χ3v) is 5.24. The zero-order valence-corrected chi connectivity index (χ0v) is 21.4. The summed E-state index contributed by atoms with van der Waals surface area (Å²) in [5.74, 6) is -0.229. The van der Waals surface area contributed by atoms with Crippen molar-refractivity contribution in [1.82, 2.24) is 14.9 Å². The summed E-state index contributed by atoms with van der Waals surface area (Å²) in [6.07, 6.45) is 0.845. The SMILES string of the molecule is C=C(N)NCc1c2c(nc3cc(F)[c-]cc13)-c1cc(CC=O)c(COC)c(=O)n1C2.CC.[Na+]. The summed E-state index contributed by atoms with van der Waals surface area (Å²) < 4.78 is 20.6. The number of ether oxygens (including phenoxy) is 1. The van der Waals surface area contributed by atoms with Crippen molar-refractivity contribution in [2.75, 3.05) is 7.11 Å². The van der Waals surface area contributed by atoms with Gasteiger partial charge in [0.15, 0.2) is 0 Å². The van der Waals surface area contributed by atoms with Crippen LogP contribution in [-0.2, 0) is 35.6 Å². The maximum atomic E-state index is 13.8. The van der Waals surface area contributed by atoms with E-state index in [1.54, 1.807) is 16.7 Å². The number of carbonyl (C=O) groups is 1. The number of benzene rings is 1. The summed E-state index contributed by atoms with van der Waals surface area (Å²) in [4.78, 5) is 29.0. The van der Waals surface area contributed by atoms with Crippen LogP contribution in [0.5, 0.6) is 0 Å². The minimum atomic E-state index is -0.524. The van der Waals surface area contributed by atoms with E-state index in [0.717, 1.165) is 22.8 Å². The molecule has 0 saturated carbocycles. The summed E-state index contributed by atoms with van der Waals surface area (Å²) >= 11 is 0. The smallest absolute Gasteiger partial charge is 0.386 e. The first-order valence-corrected chi connectivity index (χ1v) is 10.3. The fourth-order valence-corrected chi connectivity index (χ4v) is 3.89. The molecular formula is C24H26FN4NaO3. The van der Waals surface area contributed by atoms with Crippen LogP contribution in [0.25, 0.3) is 22.3 Å². The largest absolute Gasteiger partial charge is 1.00 e. The average molecular weight is 460 g/mol. The Hall–Kier alpha value is -2.52. The number of rotatable bonds is 7. The standard InChI is InChI=1S/C22H20FN4O3.C2H6.Na/c1-12(24)25-9-16-15-4-3-14(23)8-19(15)26-21-17(16)10-27-20(21)7-13(5-6-28)18(11-30-2)22(27)29;1-2;/h4,6-8,25H,1,5,9-11,24H2,2H3;1-2H3;/q-1;;+1. The number of carbonyl (C=O) groups excluding carboxylic acids is 1. The molecule has 9 heteroatoms. The van der Waals surface area contributed by atoms with Gasteiger partial charge in [-0.2, -0.15) is 6.07 Å². The predicted molar refractivity (Wildman–Crippen MR) is 121 cm³/mol. The van der Waals surface area contributed by atoms with Gasteiger partial charge in [-0.25, -0.2) is 4.39 Å². The first kappa shape index (κ1) is 26.7. The van der Waals surface area contributed by atoms with E-state index >= 15 is 0 Å². The third-order valence-electron chi connectivity index (χ3n) is 5.24. The number of hydrogen-bond donors (Lipinski definition) is 2. The Bertz CT molecular complexity index is 1260. The van der Waals surface area contributed by atoms with E-state index < -0.39 is 5.82 Å². The van der Waals surface area contributed by atoms with Gasteiger partial charge >= 0.3 is 29.6 Å². The van der Waals surface area contributed by atoms with E-state index in [1.165, 1.54) is 13.2 Å². The quantitative estimate of drug-likeness (QED) is 0.225. The van der Waals surface area contributed by atoms with Crippen LogP contribution < -0.4 is 46.2 Å². The summed E-state index contributed by atoms with van der Waals surface area (Å²) in [5.41, 5.74) is 9.79. The molecule has 168 valence electrons. The van der Waals surface area contributed by atoms with E-state index in [2.05, 4.69) is 22.9 Å². The van der Waals surface area contributed by atoms with Crippen LogP contribution in [-0.4, -0.2) is 22.9 Å². The molecule has 0 unspecified atom stereocenters. The van der Waals surface area contributed by atoms with Crippen LogP contribution in [0.1, 0.15) is 36.1 Å². The summed E-state index contributed by atoms with van der Waals surface area (Å²) in [6.45, 7) is 8.40. The van der Waals surface area contributed by atoms with E-state index in [-0.39, 0.29) is 48.1 Å². The fourth-order valence-electron chi connectivity index (χ4n) is 3.89. The molecule has 0 aliphatic carbocycles. The van der Waals surface area contributed by atoms with E-state index in [4.69, 9.17) is 10.5 Å². The summed E-state index contributed by atoms with van der Waals surface area (Å²) in [6, 6.07) is 7.21. The Labute approximate surface area is 214 Å². The molecule has 0 atom stereocenters. The first-order chi connectivity index (χ1) is 15.4. The van der Waals surface area contributed by atoms with Gasteiger partial charge in [-0.05, 0) is 22.7 Å². The summed E-state index contributed by atoms with van der Waals surface area (Å²) in [5, 5.41) is 3.71. The number of nitrogens with two attached hydrogens (primary N) is 1. The molecule has 0 saturated heterocycles. The molecule has 3 N–H and O–H groups in total. The molecule has 3 heterocycles. The van der Waals surface area contributed by atoms with Gasteiger partial charge in [0.05, 0.1) is 30.4 Å². The molecule has 0 spiro atoms. The molecule has 4 rings (SSSR count). The van der Waals surface area contributed by atoms with Gasteiger partial charge in [0, 0.05) is 31.5 Å². The number of hydrogen-bond acceptors (Lipinski definition) is 6. The second kappa shape index (κ2) is 11.6. The molecule has 0 amide bonds. The molecule has 1 aliphatic heterocycles. The van der Waals surface area contributed by atoms with Crippen molar-refractivity contribution < 1.29 is 43.5 Å². The summed E-state index contributed by atoms with van der Waals surface area (Å²) in [7, 11) is 1.50. The number of halogens is 1.